The number of carbonyl (C=O) groups excluding carboxylic acids is 4. The number of piperidine rings is 1. The number of amides is 3. The van der Waals surface area contributed by atoms with Crippen molar-refractivity contribution in [3.63, 3.8) is 0 Å². The number of nitrogens with zero attached hydrogens (tertiary/aromatic N) is 4. The standard InChI is InChI=1S/C44H61N5O5/c1-5-41(50)46(2)28-15-29-48(4)44(53)36-21-23-38(24-22-36)45-27-14-7-6-11-20-42(51)47(3)32-33-49-30-25-39(26-31-49)54-43(52)34-37-18-12-13-19-40(37)35-16-9-8-10-17-35/h8-10,12-13,16-19,21-24,39,45H,5-7,11,14-15,20,25-34H2,1-4H3. The third kappa shape index (κ3) is 13.9. The molecule has 4 rings (SSSR count). The van der Waals surface area contributed by atoms with Crippen LogP contribution < -0.4 is 5.32 Å². The summed E-state index contributed by atoms with van der Waals surface area (Å²) in [6.45, 7) is 7.15. The molecule has 10 nitrogen and oxygen atoms in total. The second kappa shape index (κ2) is 22.5. The third-order valence-corrected chi connectivity index (χ3v) is 10.3. The first kappa shape index (κ1) is 42.0. The molecule has 3 aromatic rings. The third-order valence-electron chi connectivity index (χ3n) is 10.3. The first-order chi connectivity index (χ1) is 26.1. The molecular weight excluding hydrogens is 679 g/mol. The van der Waals surface area contributed by atoms with Gasteiger partial charge in [0.1, 0.15) is 6.10 Å². The van der Waals surface area contributed by atoms with Crippen molar-refractivity contribution < 1.29 is 23.9 Å². The topological polar surface area (TPSA) is 102 Å². The molecule has 3 amide bonds. The lowest BCUT2D eigenvalue weighted by Gasteiger charge is -2.32. The fourth-order valence-electron chi connectivity index (χ4n) is 6.79. The molecule has 3 aromatic carbocycles. The number of nitrogens with one attached hydrogen (secondary N) is 1. The van der Waals surface area contributed by atoms with Crippen LogP contribution in [0.1, 0.15) is 80.6 Å². The van der Waals surface area contributed by atoms with E-state index in [9.17, 15) is 19.2 Å². The minimum absolute atomic E-state index is 0.0244. The fourth-order valence-corrected chi connectivity index (χ4v) is 6.79. The molecule has 1 aliphatic rings. The van der Waals surface area contributed by atoms with E-state index in [1.165, 1.54) is 0 Å². The maximum atomic E-state index is 12.9. The van der Waals surface area contributed by atoms with E-state index in [1.807, 2.05) is 79.5 Å². The van der Waals surface area contributed by atoms with Gasteiger partial charge < -0.3 is 29.7 Å². The minimum Gasteiger partial charge on any atom is -0.462 e. The van der Waals surface area contributed by atoms with E-state index in [0.29, 0.717) is 38.0 Å². The van der Waals surface area contributed by atoms with Gasteiger partial charge in [0, 0.05) is 91.0 Å². The lowest BCUT2D eigenvalue weighted by Crippen LogP contribution is -2.42. The molecule has 1 fully saturated rings. The van der Waals surface area contributed by atoms with Crippen LogP contribution in [0.25, 0.3) is 11.1 Å². The summed E-state index contributed by atoms with van der Waals surface area (Å²) >= 11 is 0. The normalized spacial score (nSPS) is 13.3. The van der Waals surface area contributed by atoms with Gasteiger partial charge in [-0.1, -0.05) is 74.4 Å². The van der Waals surface area contributed by atoms with Crippen LogP contribution in [0, 0.1) is 0 Å². The van der Waals surface area contributed by atoms with Crippen LogP contribution in [-0.2, 0) is 25.5 Å². The highest BCUT2D eigenvalue weighted by atomic mass is 16.5. The van der Waals surface area contributed by atoms with Crippen molar-refractivity contribution >= 4 is 29.4 Å². The molecule has 1 aliphatic heterocycles. The Morgan fingerprint density at radius 2 is 1.37 bits per heavy atom. The molecule has 0 atom stereocenters. The van der Waals surface area contributed by atoms with Crippen LogP contribution in [0.2, 0.25) is 0 Å². The average Bonchev–Trinajstić information content (AvgIpc) is 3.20. The van der Waals surface area contributed by atoms with Gasteiger partial charge in [-0.2, -0.15) is 0 Å². The van der Waals surface area contributed by atoms with E-state index in [0.717, 1.165) is 93.5 Å². The molecule has 1 saturated heterocycles. The number of carbonyl (C=O) groups is 4. The predicted octanol–water partition coefficient (Wildman–Crippen LogP) is 6.76. The summed E-state index contributed by atoms with van der Waals surface area (Å²) in [6, 6.07) is 25.7. The van der Waals surface area contributed by atoms with E-state index < -0.39 is 0 Å². The number of benzene rings is 3. The number of esters is 1. The Hall–Kier alpha value is -4.70. The van der Waals surface area contributed by atoms with Gasteiger partial charge in [0.2, 0.25) is 11.8 Å². The van der Waals surface area contributed by atoms with Crippen LogP contribution >= 0.6 is 0 Å². The highest BCUT2D eigenvalue weighted by Gasteiger charge is 2.23. The SMILES string of the molecule is CCC(=O)N(C)CCCN(C)C(=O)c1ccc(NCCCCCCC(=O)N(C)CCN2CCC(OC(=O)Cc3ccccc3-c3ccccc3)CC2)cc1. The van der Waals surface area contributed by atoms with Gasteiger partial charge >= 0.3 is 5.97 Å². The fraction of sp³-hybridized carbons (Fsp3) is 0.500. The molecule has 0 spiro atoms. The number of unbranched alkanes of at least 4 members (excludes halogenated alkanes) is 3. The Morgan fingerprint density at radius 1 is 0.722 bits per heavy atom. The zero-order valence-electron chi connectivity index (χ0n) is 32.9. The number of rotatable bonds is 21. The largest absolute Gasteiger partial charge is 0.462 e. The van der Waals surface area contributed by atoms with E-state index in [4.69, 9.17) is 4.74 Å². The van der Waals surface area contributed by atoms with Gasteiger partial charge in [-0.15, -0.1) is 0 Å². The molecule has 292 valence electrons. The van der Waals surface area contributed by atoms with Crippen molar-refractivity contribution in [3.05, 3.63) is 90.0 Å². The molecule has 0 unspecified atom stereocenters. The Labute approximate surface area is 322 Å². The van der Waals surface area contributed by atoms with Crippen molar-refractivity contribution in [1.82, 2.24) is 19.6 Å². The zero-order valence-corrected chi connectivity index (χ0v) is 32.9. The number of anilines is 1. The quantitative estimate of drug-likeness (QED) is 0.0953. The van der Waals surface area contributed by atoms with E-state index in [-0.39, 0.29) is 36.2 Å². The lowest BCUT2D eigenvalue weighted by atomic mass is 9.98. The Bertz CT molecular complexity index is 1610. The average molecular weight is 740 g/mol. The first-order valence-corrected chi connectivity index (χ1v) is 19.8. The van der Waals surface area contributed by atoms with Gasteiger partial charge in [-0.3, -0.25) is 19.2 Å². The van der Waals surface area contributed by atoms with Crippen molar-refractivity contribution in [1.29, 1.82) is 0 Å². The van der Waals surface area contributed by atoms with Crippen LogP contribution in [-0.4, -0.2) is 116 Å². The van der Waals surface area contributed by atoms with Crippen LogP contribution in [0.3, 0.4) is 0 Å². The summed E-state index contributed by atoms with van der Waals surface area (Å²) < 4.78 is 5.89. The molecule has 1 heterocycles. The Balaban J connectivity index is 1.02. The molecule has 0 bridgehead atoms. The Kier molecular flexibility index (Phi) is 17.5. The monoisotopic (exact) mass is 739 g/mol. The highest BCUT2D eigenvalue weighted by Crippen LogP contribution is 2.25. The zero-order chi connectivity index (χ0) is 38.7. The summed E-state index contributed by atoms with van der Waals surface area (Å²) in [5, 5.41) is 3.43. The van der Waals surface area contributed by atoms with Gasteiger partial charge in [0.05, 0.1) is 6.42 Å². The van der Waals surface area contributed by atoms with Gasteiger partial charge in [0.15, 0.2) is 0 Å². The van der Waals surface area contributed by atoms with E-state index in [2.05, 4.69) is 28.4 Å². The number of ether oxygens (including phenoxy) is 1. The van der Waals surface area contributed by atoms with Crippen molar-refractivity contribution in [2.24, 2.45) is 0 Å². The molecule has 1 N–H and O–H groups in total. The molecule has 0 radical (unpaired) electrons. The summed E-state index contributed by atoms with van der Waals surface area (Å²) in [5.41, 5.74) is 4.77. The first-order valence-electron chi connectivity index (χ1n) is 19.8. The van der Waals surface area contributed by atoms with Gasteiger partial charge in [0.25, 0.3) is 5.91 Å². The Morgan fingerprint density at radius 3 is 2.09 bits per heavy atom. The predicted molar refractivity (Wildman–Crippen MR) is 216 cm³/mol. The lowest BCUT2D eigenvalue weighted by molar-refractivity contribution is -0.150. The number of likely N-dealkylation sites (tertiary alicyclic amines) is 1. The van der Waals surface area contributed by atoms with Crippen molar-refractivity contribution in [2.75, 3.05) is 72.3 Å². The maximum absolute atomic E-state index is 12.9. The number of hydrogen-bond acceptors (Lipinski definition) is 7. The smallest absolute Gasteiger partial charge is 0.310 e. The molecule has 0 aromatic heterocycles. The van der Waals surface area contributed by atoms with Gasteiger partial charge in [-0.25, -0.2) is 0 Å². The molecule has 54 heavy (non-hydrogen) atoms. The van der Waals surface area contributed by atoms with Crippen LogP contribution in [0.15, 0.2) is 78.9 Å². The summed E-state index contributed by atoms with van der Waals surface area (Å²) in [6.07, 6.45) is 7.55. The second-order valence-electron chi connectivity index (χ2n) is 14.5. The maximum Gasteiger partial charge on any atom is 0.310 e. The molecule has 0 saturated carbocycles. The van der Waals surface area contributed by atoms with Crippen LogP contribution in [0.5, 0.6) is 0 Å². The van der Waals surface area contributed by atoms with Gasteiger partial charge in [-0.05, 0) is 73.1 Å². The molecular formula is C44H61N5O5. The number of likely N-dealkylation sites (N-methyl/N-ethyl adjacent to an activating group) is 1. The summed E-state index contributed by atoms with van der Waals surface area (Å²) in [5.74, 6) is 0.0958. The summed E-state index contributed by atoms with van der Waals surface area (Å²) in [7, 11) is 5.48. The summed E-state index contributed by atoms with van der Waals surface area (Å²) in [4.78, 5) is 57.7. The van der Waals surface area contributed by atoms with Crippen molar-refractivity contribution in [2.45, 2.75) is 77.2 Å². The molecule has 0 aliphatic carbocycles. The second-order valence-corrected chi connectivity index (χ2v) is 14.5. The van der Waals surface area contributed by atoms with E-state index in [1.54, 1.807) is 23.9 Å². The number of hydrogen-bond donors (Lipinski definition) is 1. The minimum atomic E-state index is -0.180. The molecule has 10 heteroatoms. The van der Waals surface area contributed by atoms with Crippen LogP contribution in [0.4, 0.5) is 5.69 Å². The van der Waals surface area contributed by atoms with Crippen molar-refractivity contribution in [3.8, 4) is 11.1 Å². The highest BCUT2D eigenvalue weighted by molar-refractivity contribution is 5.94. The van der Waals surface area contributed by atoms with E-state index >= 15 is 0 Å².